The minimum absolute atomic E-state index is 0.0251. The molecular weight excluding hydrogens is 447 g/mol. The minimum atomic E-state index is -4.64. The van der Waals surface area contributed by atoms with Crippen LogP contribution in [0.2, 0.25) is 0 Å². The molecule has 0 aliphatic heterocycles. The van der Waals surface area contributed by atoms with Crippen LogP contribution in [0, 0.1) is 0 Å². The van der Waals surface area contributed by atoms with Crippen molar-refractivity contribution >= 4 is 12.1 Å². The summed E-state index contributed by atoms with van der Waals surface area (Å²) in [5.41, 5.74) is 2.93. The third-order valence-electron chi connectivity index (χ3n) is 6.11. The molecule has 5 nitrogen and oxygen atoms in total. The molecule has 34 heavy (non-hydrogen) atoms. The van der Waals surface area contributed by atoms with Crippen LogP contribution in [0.3, 0.4) is 0 Å². The number of rotatable bonds is 6. The molecule has 1 aliphatic rings. The number of carboxylic acid groups (broad SMARTS) is 1. The summed E-state index contributed by atoms with van der Waals surface area (Å²) in [7, 11) is 1.22. The van der Waals surface area contributed by atoms with Crippen molar-refractivity contribution in [2.24, 2.45) is 0 Å². The molecule has 3 aromatic rings. The van der Waals surface area contributed by atoms with E-state index >= 15 is 0 Å². The van der Waals surface area contributed by atoms with Crippen molar-refractivity contribution in [1.29, 1.82) is 0 Å². The van der Waals surface area contributed by atoms with E-state index in [9.17, 15) is 27.9 Å². The van der Waals surface area contributed by atoms with Crippen molar-refractivity contribution in [2.75, 3.05) is 13.7 Å². The number of fused-ring (bicyclic) bond motifs is 3. The number of amides is 1. The van der Waals surface area contributed by atoms with Gasteiger partial charge in [-0.25, -0.2) is 9.59 Å². The number of likely N-dealkylation sites (N-methyl/N-ethyl adjacent to an activating group) is 1. The number of carbonyl (C=O) groups excluding carboxylic acids is 1. The number of hydrogen-bond acceptors (Lipinski definition) is 3. The minimum Gasteiger partial charge on any atom is -0.480 e. The predicted octanol–water partition coefficient (Wildman–Crippen LogP) is 5.58. The van der Waals surface area contributed by atoms with Gasteiger partial charge in [0.15, 0.2) is 0 Å². The summed E-state index contributed by atoms with van der Waals surface area (Å²) in [6.07, 6.45) is -6.06. The van der Waals surface area contributed by atoms with E-state index in [1.165, 1.54) is 25.2 Å². The molecule has 1 atom stereocenters. The highest BCUT2D eigenvalue weighted by Gasteiger charge is 2.36. The van der Waals surface area contributed by atoms with Crippen LogP contribution in [0.25, 0.3) is 11.1 Å². The van der Waals surface area contributed by atoms with Gasteiger partial charge in [-0.2, -0.15) is 13.2 Å². The smallest absolute Gasteiger partial charge is 0.416 e. The fourth-order valence-corrected chi connectivity index (χ4v) is 4.40. The number of carbonyl (C=O) groups is 2. The number of ether oxygens (including phenoxy) is 1. The predicted molar refractivity (Wildman–Crippen MR) is 119 cm³/mol. The summed E-state index contributed by atoms with van der Waals surface area (Å²) in [5.74, 6) is -1.65. The highest BCUT2D eigenvalue weighted by atomic mass is 19.4. The number of alkyl halides is 3. The molecule has 0 aromatic heterocycles. The average molecular weight is 469 g/mol. The lowest BCUT2D eigenvalue weighted by Gasteiger charge is -2.26. The molecule has 0 saturated heterocycles. The van der Waals surface area contributed by atoms with Crippen molar-refractivity contribution < 1.29 is 32.6 Å². The van der Waals surface area contributed by atoms with Crippen LogP contribution in [-0.4, -0.2) is 41.8 Å². The molecule has 0 radical (unpaired) electrons. The zero-order chi connectivity index (χ0) is 24.5. The molecule has 0 heterocycles. The van der Waals surface area contributed by atoms with Crippen molar-refractivity contribution in [3.8, 4) is 11.1 Å². The van der Waals surface area contributed by atoms with Gasteiger partial charge in [-0.3, -0.25) is 4.90 Å². The number of benzene rings is 3. The van der Waals surface area contributed by atoms with Gasteiger partial charge in [-0.05, 0) is 33.9 Å². The lowest BCUT2D eigenvalue weighted by Crippen LogP contribution is -2.44. The largest absolute Gasteiger partial charge is 0.480 e. The molecule has 4 rings (SSSR count). The molecule has 0 fully saturated rings. The molecule has 0 saturated carbocycles. The maximum atomic E-state index is 13.3. The Kier molecular flexibility index (Phi) is 6.32. The Hall–Kier alpha value is -3.81. The van der Waals surface area contributed by atoms with Crippen LogP contribution in [0.4, 0.5) is 18.0 Å². The van der Waals surface area contributed by atoms with E-state index in [1.807, 2.05) is 48.5 Å². The van der Waals surface area contributed by atoms with Crippen LogP contribution in [0.1, 0.15) is 28.2 Å². The number of hydrogen-bond donors (Lipinski definition) is 1. The van der Waals surface area contributed by atoms with Crippen molar-refractivity contribution in [2.45, 2.75) is 24.6 Å². The quantitative estimate of drug-likeness (QED) is 0.512. The summed E-state index contributed by atoms with van der Waals surface area (Å²) in [4.78, 5) is 25.5. The van der Waals surface area contributed by atoms with E-state index in [0.29, 0.717) is 0 Å². The van der Waals surface area contributed by atoms with Crippen LogP contribution in [0.5, 0.6) is 0 Å². The zero-order valence-electron chi connectivity index (χ0n) is 18.3. The van der Waals surface area contributed by atoms with Gasteiger partial charge in [-0.15, -0.1) is 0 Å². The van der Waals surface area contributed by atoms with Crippen LogP contribution >= 0.6 is 0 Å². The van der Waals surface area contributed by atoms with Gasteiger partial charge < -0.3 is 9.84 Å². The number of carboxylic acids is 1. The maximum absolute atomic E-state index is 13.3. The Morgan fingerprint density at radius 3 is 2.03 bits per heavy atom. The van der Waals surface area contributed by atoms with E-state index in [1.54, 1.807) is 0 Å². The van der Waals surface area contributed by atoms with Crippen LogP contribution < -0.4 is 0 Å². The first kappa shape index (κ1) is 23.4. The van der Waals surface area contributed by atoms with Crippen molar-refractivity contribution in [3.05, 3.63) is 95.1 Å². The molecule has 1 amide bonds. The highest BCUT2D eigenvalue weighted by molar-refractivity contribution is 5.81. The molecule has 1 N–H and O–H groups in total. The fourth-order valence-electron chi connectivity index (χ4n) is 4.40. The number of nitrogens with zero attached hydrogens (tertiary/aromatic N) is 1. The zero-order valence-corrected chi connectivity index (χ0v) is 18.3. The lowest BCUT2D eigenvalue weighted by atomic mass is 9.98. The monoisotopic (exact) mass is 469 g/mol. The Bertz CT molecular complexity index is 1180. The summed E-state index contributed by atoms with van der Waals surface area (Å²) in [6.45, 7) is -0.0251. The van der Waals surface area contributed by atoms with Crippen LogP contribution in [0.15, 0.2) is 72.8 Å². The molecular formula is C26H22F3NO4. The van der Waals surface area contributed by atoms with Gasteiger partial charge in [-0.1, -0.05) is 66.7 Å². The third kappa shape index (κ3) is 4.48. The fraction of sp³-hybridized carbons (Fsp3) is 0.231. The average Bonchev–Trinajstić information content (AvgIpc) is 3.13. The number of aliphatic carboxylic acids is 1. The Labute approximate surface area is 194 Å². The van der Waals surface area contributed by atoms with Gasteiger partial charge in [0.1, 0.15) is 12.6 Å². The standard InChI is InChI=1S/C26H22F3NO4/c1-30(23(24(31)32)14-16-8-2-7-13-22(16)26(27,28)29)25(33)34-15-21-19-11-5-3-9-17(19)18-10-4-6-12-20(18)21/h2-13,21,23H,14-15H2,1H3,(H,31,32). The van der Waals surface area contributed by atoms with Crippen molar-refractivity contribution in [1.82, 2.24) is 4.90 Å². The van der Waals surface area contributed by atoms with E-state index in [-0.39, 0.29) is 18.1 Å². The molecule has 0 spiro atoms. The molecule has 0 bridgehead atoms. The highest BCUT2D eigenvalue weighted by Crippen LogP contribution is 2.44. The summed E-state index contributed by atoms with van der Waals surface area (Å²) < 4.78 is 45.5. The molecule has 3 aromatic carbocycles. The van der Waals surface area contributed by atoms with Gasteiger partial charge in [0.25, 0.3) is 0 Å². The second-order valence-electron chi connectivity index (χ2n) is 8.13. The summed E-state index contributed by atoms with van der Waals surface area (Å²) in [5, 5.41) is 9.66. The first-order valence-electron chi connectivity index (χ1n) is 10.6. The first-order valence-corrected chi connectivity index (χ1v) is 10.6. The van der Waals surface area contributed by atoms with Gasteiger partial charge in [0, 0.05) is 19.4 Å². The van der Waals surface area contributed by atoms with Crippen molar-refractivity contribution in [3.63, 3.8) is 0 Å². The van der Waals surface area contributed by atoms with Crippen LogP contribution in [-0.2, 0) is 22.1 Å². The Morgan fingerprint density at radius 1 is 0.941 bits per heavy atom. The topological polar surface area (TPSA) is 66.8 Å². The van der Waals surface area contributed by atoms with Gasteiger partial charge in [0.05, 0.1) is 5.56 Å². The maximum Gasteiger partial charge on any atom is 0.416 e. The number of halogens is 3. The van der Waals surface area contributed by atoms with E-state index < -0.39 is 36.3 Å². The van der Waals surface area contributed by atoms with E-state index in [0.717, 1.165) is 33.2 Å². The molecule has 1 unspecified atom stereocenters. The normalized spacial score (nSPS) is 13.6. The van der Waals surface area contributed by atoms with E-state index in [2.05, 4.69) is 0 Å². The third-order valence-corrected chi connectivity index (χ3v) is 6.11. The summed E-state index contributed by atoms with van der Waals surface area (Å²) >= 11 is 0. The second-order valence-corrected chi connectivity index (χ2v) is 8.13. The second kappa shape index (κ2) is 9.21. The van der Waals surface area contributed by atoms with E-state index in [4.69, 9.17) is 4.74 Å². The van der Waals surface area contributed by atoms with Gasteiger partial charge in [0.2, 0.25) is 0 Å². The first-order chi connectivity index (χ1) is 16.2. The summed E-state index contributed by atoms with van der Waals surface area (Å²) in [6, 6.07) is 18.7. The molecule has 176 valence electrons. The Morgan fingerprint density at radius 2 is 1.47 bits per heavy atom. The Balaban J connectivity index is 1.51. The molecule has 8 heteroatoms. The lowest BCUT2D eigenvalue weighted by molar-refractivity contribution is -0.143. The van der Waals surface area contributed by atoms with Gasteiger partial charge >= 0.3 is 18.2 Å². The SMILES string of the molecule is CN(C(=O)OCC1c2ccccc2-c2ccccc21)C(Cc1ccccc1C(F)(F)F)C(=O)O. The molecule has 1 aliphatic carbocycles.